The van der Waals surface area contributed by atoms with Gasteiger partial charge in [-0.1, -0.05) is 0 Å². The van der Waals surface area contributed by atoms with E-state index in [1.165, 1.54) is 0 Å². The highest BCUT2D eigenvalue weighted by Gasteiger charge is 2.23. The topological polar surface area (TPSA) is 68.9 Å². The minimum Gasteiger partial charge on any atom is -0.376 e. The molecule has 116 valence electrons. The standard InChI is InChI=1S/C15H29N3O2/c1-11-8-13(9-12(2)20-11)5-6-17-15(16)18-10-14-4-3-7-19-14/h11-14H,3-10H2,1-2H3,(H3,16,17,18). The number of guanidine groups is 1. The quantitative estimate of drug-likeness (QED) is 0.595. The van der Waals surface area contributed by atoms with Crippen LogP contribution in [0.5, 0.6) is 0 Å². The van der Waals surface area contributed by atoms with Crippen molar-refractivity contribution in [2.24, 2.45) is 16.6 Å². The van der Waals surface area contributed by atoms with Crippen molar-refractivity contribution in [1.29, 1.82) is 0 Å². The summed E-state index contributed by atoms with van der Waals surface area (Å²) in [4.78, 5) is 4.35. The maximum atomic E-state index is 5.88. The van der Waals surface area contributed by atoms with Gasteiger partial charge in [0.1, 0.15) is 0 Å². The SMILES string of the molecule is CC1CC(CCNC(N)=NCC2CCCO2)CC(C)O1. The molecule has 2 heterocycles. The summed E-state index contributed by atoms with van der Waals surface area (Å²) in [6.45, 7) is 6.77. The molecule has 5 heteroatoms. The first kappa shape index (κ1) is 15.6. The second kappa shape index (κ2) is 7.84. The van der Waals surface area contributed by atoms with Crippen molar-refractivity contribution in [1.82, 2.24) is 5.32 Å². The molecule has 2 fully saturated rings. The number of hydrogen-bond acceptors (Lipinski definition) is 3. The van der Waals surface area contributed by atoms with Crippen LogP contribution in [-0.4, -0.2) is 44.0 Å². The van der Waals surface area contributed by atoms with Gasteiger partial charge in [-0.25, -0.2) is 0 Å². The minimum atomic E-state index is 0.271. The zero-order valence-corrected chi connectivity index (χ0v) is 12.8. The van der Waals surface area contributed by atoms with E-state index in [4.69, 9.17) is 15.2 Å². The summed E-state index contributed by atoms with van der Waals surface area (Å²) in [5, 5.41) is 3.21. The van der Waals surface area contributed by atoms with Crippen LogP contribution in [0.3, 0.4) is 0 Å². The first-order chi connectivity index (χ1) is 9.63. The van der Waals surface area contributed by atoms with E-state index >= 15 is 0 Å². The second-order valence-electron chi connectivity index (χ2n) is 6.17. The van der Waals surface area contributed by atoms with E-state index in [0.29, 0.717) is 24.7 Å². The molecular formula is C15H29N3O2. The Labute approximate surface area is 122 Å². The second-order valence-corrected chi connectivity index (χ2v) is 6.17. The molecule has 0 amide bonds. The van der Waals surface area contributed by atoms with E-state index in [9.17, 15) is 0 Å². The van der Waals surface area contributed by atoms with Crippen molar-refractivity contribution in [3.05, 3.63) is 0 Å². The Kier molecular flexibility index (Phi) is 6.10. The van der Waals surface area contributed by atoms with Gasteiger partial charge < -0.3 is 20.5 Å². The highest BCUT2D eigenvalue weighted by molar-refractivity contribution is 5.77. The average molecular weight is 283 g/mol. The number of hydrogen-bond donors (Lipinski definition) is 2. The molecule has 0 spiro atoms. The summed E-state index contributed by atoms with van der Waals surface area (Å²) in [6, 6.07) is 0. The number of nitrogens with two attached hydrogens (primary N) is 1. The fourth-order valence-corrected chi connectivity index (χ4v) is 3.23. The monoisotopic (exact) mass is 283 g/mol. The molecule has 0 aromatic carbocycles. The van der Waals surface area contributed by atoms with Crippen molar-refractivity contribution < 1.29 is 9.47 Å². The first-order valence-electron chi connectivity index (χ1n) is 7.94. The molecule has 20 heavy (non-hydrogen) atoms. The zero-order valence-electron chi connectivity index (χ0n) is 12.8. The third kappa shape index (κ3) is 5.29. The highest BCUT2D eigenvalue weighted by atomic mass is 16.5. The van der Waals surface area contributed by atoms with Crippen LogP contribution >= 0.6 is 0 Å². The lowest BCUT2D eigenvalue weighted by Crippen LogP contribution is -2.36. The Morgan fingerprint density at radius 3 is 2.70 bits per heavy atom. The molecule has 0 radical (unpaired) electrons. The molecule has 0 saturated carbocycles. The van der Waals surface area contributed by atoms with E-state index < -0.39 is 0 Å². The van der Waals surface area contributed by atoms with Crippen LogP contribution in [0.4, 0.5) is 0 Å². The Balaban J connectivity index is 1.60. The van der Waals surface area contributed by atoms with Gasteiger partial charge in [0.15, 0.2) is 5.96 Å². The van der Waals surface area contributed by atoms with Gasteiger partial charge in [-0.2, -0.15) is 0 Å². The van der Waals surface area contributed by atoms with Crippen LogP contribution in [0.1, 0.15) is 46.0 Å². The highest BCUT2D eigenvalue weighted by Crippen LogP contribution is 2.26. The number of rotatable bonds is 5. The number of ether oxygens (including phenoxy) is 2. The van der Waals surface area contributed by atoms with Gasteiger partial charge in [0, 0.05) is 13.2 Å². The lowest BCUT2D eigenvalue weighted by Gasteiger charge is -2.32. The van der Waals surface area contributed by atoms with Gasteiger partial charge in [-0.05, 0) is 51.9 Å². The maximum Gasteiger partial charge on any atom is 0.188 e. The lowest BCUT2D eigenvalue weighted by molar-refractivity contribution is -0.0530. The number of nitrogens with zero attached hydrogens (tertiary/aromatic N) is 1. The third-order valence-electron chi connectivity index (χ3n) is 4.14. The van der Waals surface area contributed by atoms with Crippen LogP contribution in [0.2, 0.25) is 0 Å². The molecule has 3 atom stereocenters. The summed E-state index contributed by atoms with van der Waals surface area (Å²) < 4.78 is 11.3. The van der Waals surface area contributed by atoms with Crippen molar-refractivity contribution in [2.45, 2.75) is 64.3 Å². The molecule has 2 rings (SSSR count). The van der Waals surface area contributed by atoms with Crippen molar-refractivity contribution >= 4 is 5.96 Å². The fraction of sp³-hybridized carbons (Fsp3) is 0.933. The Hall–Kier alpha value is -0.810. The van der Waals surface area contributed by atoms with E-state index in [-0.39, 0.29) is 6.10 Å². The van der Waals surface area contributed by atoms with Crippen LogP contribution in [-0.2, 0) is 9.47 Å². The minimum absolute atomic E-state index is 0.271. The molecule has 5 nitrogen and oxygen atoms in total. The molecule has 0 aromatic rings. The van der Waals surface area contributed by atoms with Crippen LogP contribution in [0, 0.1) is 5.92 Å². The van der Waals surface area contributed by atoms with Crippen molar-refractivity contribution in [3.8, 4) is 0 Å². The number of nitrogens with one attached hydrogen (secondary N) is 1. The van der Waals surface area contributed by atoms with E-state index in [0.717, 1.165) is 51.2 Å². The predicted octanol–water partition coefficient (Wildman–Crippen LogP) is 1.66. The molecule has 3 N–H and O–H groups in total. The smallest absolute Gasteiger partial charge is 0.188 e. The molecule has 0 aliphatic carbocycles. The molecule has 2 saturated heterocycles. The molecule has 0 bridgehead atoms. The average Bonchev–Trinajstić information content (AvgIpc) is 2.88. The Morgan fingerprint density at radius 1 is 1.30 bits per heavy atom. The summed E-state index contributed by atoms with van der Waals surface area (Å²) >= 11 is 0. The van der Waals surface area contributed by atoms with Gasteiger partial charge in [0.25, 0.3) is 0 Å². The van der Waals surface area contributed by atoms with E-state index in [1.807, 2.05) is 0 Å². The number of aliphatic imine (C=N–C) groups is 1. The molecule has 2 aliphatic heterocycles. The normalized spacial score (nSPS) is 35.2. The predicted molar refractivity (Wildman–Crippen MR) is 80.8 cm³/mol. The fourth-order valence-electron chi connectivity index (χ4n) is 3.23. The third-order valence-corrected chi connectivity index (χ3v) is 4.14. The van der Waals surface area contributed by atoms with Crippen molar-refractivity contribution in [2.75, 3.05) is 19.7 Å². The van der Waals surface area contributed by atoms with Gasteiger partial charge >= 0.3 is 0 Å². The molecule has 3 unspecified atom stereocenters. The molecule has 2 aliphatic rings. The van der Waals surface area contributed by atoms with Crippen molar-refractivity contribution in [3.63, 3.8) is 0 Å². The zero-order chi connectivity index (χ0) is 14.4. The maximum absolute atomic E-state index is 5.88. The van der Waals surface area contributed by atoms with Gasteiger partial charge in [-0.3, -0.25) is 4.99 Å². The van der Waals surface area contributed by atoms with E-state index in [1.54, 1.807) is 0 Å². The van der Waals surface area contributed by atoms with Gasteiger partial charge in [0.2, 0.25) is 0 Å². The largest absolute Gasteiger partial charge is 0.376 e. The summed E-state index contributed by atoms with van der Waals surface area (Å²) in [5.74, 6) is 1.28. The van der Waals surface area contributed by atoms with Crippen LogP contribution < -0.4 is 11.1 Å². The molecule has 0 aromatic heterocycles. The van der Waals surface area contributed by atoms with Crippen LogP contribution in [0.15, 0.2) is 4.99 Å². The van der Waals surface area contributed by atoms with Gasteiger partial charge in [-0.15, -0.1) is 0 Å². The first-order valence-corrected chi connectivity index (χ1v) is 7.94. The summed E-state index contributed by atoms with van der Waals surface area (Å²) in [5.41, 5.74) is 5.88. The lowest BCUT2D eigenvalue weighted by atomic mass is 9.90. The Morgan fingerprint density at radius 2 is 2.05 bits per heavy atom. The van der Waals surface area contributed by atoms with Gasteiger partial charge in [0.05, 0.1) is 24.9 Å². The Bertz CT molecular complexity index is 306. The van der Waals surface area contributed by atoms with E-state index in [2.05, 4.69) is 24.2 Å². The molecular weight excluding hydrogens is 254 g/mol. The van der Waals surface area contributed by atoms with Crippen LogP contribution in [0.25, 0.3) is 0 Å². The summed E-state index contributed by atoms with van der Waals surface area (Å²) in [6.07, 6.45) is 6.73. The summed E-state index contributed by atoms with van der Waals surface area (Å²) in [7, 11) is 0.